The molecule has 0 aliphatic carbocycles. The van der Waals surface area contributed by atoms with Gasteiger partial charge in [0.2, 0.25) is 5.72 Å². The van der Waals surface area contributed by atoms with Gasteiger partial charge in [0.25, 0.3) is 0 Å². The van der Waals surface area contributed by atoms with Crippen molar-refractivity contribution in [2.24, 2.45) is 0 Å². The van der Waals surface area contributed by atoms with E-state index in [1.807, 2.05) is 6.92 Å². The second-order valence-electron chi connectivity index (χ2n) is 5.04. The number of aliphatic hydroxyl groups excluding tert-OH is 3. The highest BCUT2D eigenvalue weighted by Gasteiger charge is 2.54. The number of rotatable bonds is 6. The number of hydrogen-bond donors (Lipinski definition) is 3. The number of nitrogens with zero attached hydrogens (tertiary/aromatic N) is 1. The van der Waals surface area contributed by atoms with Crippen LogP contribution in [0, 0.1) is 0 Å². The van der Waals surface area contributed by atoms with E-state index < -0.39 is 23.7 Å². The molecule has 0 bridgehead atoms. The molecule has 0 saturated heterocycles. The zero-order valence-corrected chi connectivity index (χ0v) is 12.4. The molecule has 120 valence electrons. The molecule has 3 unspecified atom stereocenters. The molecule has 1 aliphatic rings. The van der Waals surface area contributed by atoms with Gasteiger partial charge >= 0.3 is 0 Å². The second kappa shape index (κ2) is 7.02. The maximum absolute atomic E-state index is 12.0. The highest BCUT2D eigenvalue weighted by atomic mass is 16.6. The lowest BCUT2D eigenvalue weighted by molar-refractivity contribution is -0.250. The molecule has 0 spiro atoms. The largest absolute Gasteiger partial charge is 0.394 e. The van der Waals surface area contributed by atoms with Crippen LogP contribution in [0.15, 0.2) is 42.6 Å². The van der Waals surface area contributed by atoms with Crippen molar-refractivity contribution in [2.45, 2.75) is 24.9 Å². The van der Waals surface area contributed by atoms with Crippen LogP contribution in [-0.4, -0.2) is 57.6 Å². The van der Waals surface area contributed by atoms with Crippen molar-refractivity contribution >= 4 is 5.78 Å². The van der Waals surface area contributed by atoms with Crippen LogP contribution in [0.3, 0.4) is 0 Å². The van der Waals surface area contributed by atoms with Crippen LogP contribution in [0.25, 0.3) is 0 Å². The van der Waals surface area contributed by atoms with E-state index in [0.717, 1.165) is 0 Å². The summed E-state index contributed by atoms with van der Waals surface area (Å²) in [6, 6.07) is 8.69. The molecule has 2 rings (SSSR count). The Hall–Kier alpha value is -1.73. The summed E-state index contributed by atoms with van der Waals surface area (Å²) in [5, 5.41) is 30.3. The van der Waals surface area contributed by atoms with Crippen LogP contribution in [0.1, 0.15) is 18.6 Å². The van der Waals surface area contributed by atoms with Crippen LogP contribution in [0.4, 0.5) is 0 Å². The SMILES string of the molecule is CCN1C=CC(=O)C(O)C1(OCCO)C(O)c1ccccc1. The Balaban J connectivity index is 2.50. The van der Waals surface area contributed by atoms with E-state index in [1.165, 1.54) is 12.3 Å². The smallest absolute Gasteiger partial charge is 0.205 e. The third-order valence-corrected chi connectivity index (χ3v) is 3.80. The number of carbonyl (C=O) groups is 1. The number of benzene rings is 1. The highest BCUT2D eigenvalue weighted by Crippen LogP contribution is 2.38. The molecule has 1 aliphatic heterocycles. The third-order valence-electron chi connectivity index (χ3n) is 3.80. The molecule has 0 fully saturated rings. The summed E-state index contributed by atoms with van der Waals surface area (Å²) >= 11 is 0. The van der Waals surface area contributed by atoms with Crippen molar-refractivity contribution in [3.63, 3.8) is 0 Å². The molecule has 1 aromatic carbocycles. The van der Waals surface area contributed by atoms with Crippen LogP contribution >= 0.6 is 0 Å². The van der Waals surface area contributed by atoms with Crippen molar-refractivity contribution in [1.82, 2.24) is 4.90 Å². The maximum atomic E-state index is 12.0. The first kappa shape index (κ1) is 16.6. The first-order valence-corrected chi connectivity index (χ1v) is 7.22. The van der Waals surface area contributed by atoms with Crippen molar-refractivity contribution in [1.29, 1.82) is 0 Å². The molecule has 1 heterocycles. The minimum Gasteiger partial charge on any atom is -0.394 e. The van der Waals surface area contributed by atoms with E-state index in [2.05, 4.69) is 0 Å². The van der Waals surface area contributed by atoms with Crippen molar-refractivity contribution in [3.8, 4) is 0 Å². The number of hydrogen-bond acceptors (Lipinski definition) is 6. The second-order valence-corrected chi connectivity index (χ2v) is 5.04. The molecular formula is C16H21NO5. The van der Waals surface area contributed by atoms with Crippen molar-refractivity contribution in [3.05, 3.63) is 48.2 Å². The van der Waals surface area contributed by atoms with Crippen LogP contribution in [0.5, 0.6) is 0 Å². The summed E-state index contributed by atoms with van der Waals surface area (Å²) in [4.78, 5) is 13.5. The number of ether oxygens (including phenoxy) is 1. The summed E-state index contributed by atoms with van der Waals surface area (Å²) < 4.78 is 5.63. The lowest BCUT2D eigenvalue weighted by atomic mass is 9.87. The van der Waals surface area contributed by atoms with Gasteiger partial charge in [-0.05, 0) is 12.5 Å². The predicted molar refractivity (Wildman–Crippen MR) is 79.7 cm³/mol. The molecular weight excluding hydrogens is 286 g/mol. The van der Waals surface area contributed by atoms with Crippen LogP contribution in [-0.2, 0) is 9.53 Å². The van der Waals surface area contributed by atoms with E-state index >= 15 is 0 Å². The Morgan fingerprint density at radius 3 is 2.64 bits per heavy atom. The average Bonchev–Trinajstić information content (AvgIpc) is 2.56. The number of aliphatic hydroxyl groups is 3. The predicted octanol–water partition coefficient (Wildman–Crippen LogP) is 0.204. The van der Waals surface area contributed by atoms with Gasteiger partial charge in [-0.1, -0.05) is 30.3 Å². The topological polar surface area (TPSA) is 90.2 Å². The molecule has 1 aromatic rings. The molecule has 6 nitrogen and oxygen atoms in total. The fourth-order valence-corrected chi connectivity index (χ4v) is 2.72. The summed E-state index contributed by atoms with van der Waals surface area (Å²) in [7, 11) is 0. The molecule has 22 heavy (non-hydrogen) atoms. The van der Waals surface area contributed by atoms with Gasteiger partial charge in [-0.25, -0.2) is 0 Å². The molecule has 6 heteroatoms. The summed E-state index contributed by atoms with van der Waals surface area (Å²) in [5.41, 5.74) is -1.15. The van der Waals surface area contributed by atoms with E-state index in [1.54, 1.807) is 35.2 Å². The van der Waals surface area contributed by atoms with Crippen molar-refractivity contribution in [2.75, 3.05) is 19.8 Å². The van der Waals surface area contributed by atoms with E-state index in [9.17, 15) is 15.0 Å². The Morgan fingerprint density at radius 1 is 1.36 bits per heavy atom. The van der Waals surface area contributed by atoms with Gasteiger partial charge in [-0.2, -0.15) is 0 Å². The standard InChI is InChI=1S/C16H21NO5/c1-2-17-9-8-13(19)15(21)16(17,22-11-10-18)14(20)12-6-4-3-5-7-12/h3-9,14-15,18,20-21H,2,10-11H2,1H3. The van der Waals surface area contributed by atoms with Gasteiger partial charge in [0.1, 0.15) is 6.10 Å². The molecule has 0 aromatic heterocycles. The lowest BCUT2D eigenvalue weighted by Gasteiger charge is -2.49. The fraction of sp³-hybridized carbons (Fsp3) is 0.438. The van der Waals surface area contributed by atoms with E-state index in [-0.39, 0.29) is 13.2 Å². The van der Waals surface area contributed by atoms with E-state index in [4.69, 9.17) is 9.84 Å². The van der Waals surface area contributed by atoms with Gasteiger partial charge in [0.15, 0.2) is 11.9 Å². The minimum atomic E-state index is -1.66. The van der Waals surface area contributed by atoms with Gasteiger partial charge in [-0.3, -0.25) is 4.79 Å². The molecule has 0 saturated carbocycles. The number of carbonyl (C=O) groups excluding carboxylic acids is 1. The van der Waals surface area contributed by atoms with Gasteiger partial charge < -0.3 is 25.0 Å². The number of ketones is 1. The van der Waals surface area contributed by atoms with Crippen molar-refractivity contribution < 1.29 is 24.9 Å². The van der Waals surface area contributed by atoms with Gasteiger partial charge in [0.05, 0.1) is 13.2 Å². The Bertz CT molecular complexity index is 533. The summed E-state index contributed by atoms with van der Waals surface area (Å²) in [5.74, 6) is -0.544. The maximum Gasteiger partial charge on any atom is 0.205 e. The third kappa shape index (κ3) is 2.78. The zero-order valence-electron chi connectivity index (χ0n) is 12.4. The molecule has 0 amide bonds. The summed E-state index contributed by atoms with van der Waals surface area (Å²) in [6.07, 6.45) is -0.0614. The van der Waals surface area contributed by atoms with E-state index in [0.29, 0.717) is 12.1 Å². The first-order valence-electron chi connectivity index (χ1n) is 7.22. The molecule has 0 radical (unpaired) electrons. The Kier molecular flexibility index (Phi) is 5.31. The molecule has 3 N–H and O–H groups in total. The Labute approximate surface area is 129 Å². The monoisotopic (exact) mass is 307 g/mol. The quantitative estimate of drug-likeness (QED) is 0.696. The number of likely N-dealkylation sites (N-methyl/N-ethyl adjacent to an activating group) is 1. The fourth-order valence-electron chi connectivity index (χ4n) is 2.72. The lowest BCUT2D eigenvalue weighted by Crippen LogP contribution is -2.64. The van der Waals surface area contributed by atoms with Crippen LogP contribution in [0.2, 0.25) is 0 Å². The van der Waals surface area contributed by atoms with Crippen LogP contribution < -0.4 is 0 Å². The minimum absolute atomic E-state index is 0.113. The van der Waals surface area contributed by atoms with Gasteiger partial charge in [-0.15, -0.1) is 0 Å². The summed E-state index contributed by atoms with van der Waals surface area (Å²) in [6.45, 7) is 1.84. The zero-order chi connectivity index (χ0) is 16.2. The average molecular weight is 307 g/mol. The Morgan fingerprint density at radius 2 is 2.05 bits per heavy atom. The normalized spacial score (nSPS) is 26.3. The van der Waals surface area contributed by atoms with Gasteiger partial charge in [0, 0.05) is 18.8 Å². The first-order chi connectivity index (χ1) is 10.6. The highest BCUT2D eigenvalue weighted by molar-refractivity contribution is 5.95. The molecule has 3 atom stereocenters.